The van der Waals surface area contributed by atoms with E-state index in [1.165, 1.54) is 7.11 Å². The summed E-state index contributed by atoms with van der Waals surface area (Å²) < 4.78 is 82.7. The molecule has 3 fully saturated rings. The van der Waals surface area contributed by atoms with Crippen molar-refractivity contribution in [1.82, 2.24) is 5.32 Å². The van der Waals surface area contributed by atoms with Crippen LogP contribution in [0, 0.1) is 0 Å². The molecule has 2 aliphatic heterocycles. The van der Waals surface area contributed by atoms with Crippen LogP contribution in [-0.2, 0) is 108 Å². The van der Waals surface area contributed by atoms with Gasteiger partial charge in [-0.25, -0.2) is 0 Å². The minimum Gasteiger partial charge on any atom is -0.374 e. The molecule has 18 nitrogen and oxygen atoms in total. The zero-order chi connectivity index (χ0) is 68.4. The molecule has 520 valence electrons. The van der Waals surface area contributed by atoms with Crippen molar-refractivity contribution < 1.29 is 61.6 Å². The number of nitrogens with one attached hydrogen (secondary N) is 1. The van der Waals surface area contributed by atoms with Crippen molar-refractivity contribution in [3.05, 3.63) is 244 Å². The van der Waals surface area contributed by atoms with Crippen molar-refractivity contribution in [3.63, 3.8) is 0 Å². The SMILES string of the molecule is CO[C@H]1[C@H](O[C@@H]2[C@@H](OCc3ccc(Cl)cc3)[C@H](O[C@@H]3O[C@@H](CN)[C@H](OCc4ccc(Cl)cc4)[C@@H](OCc4ccc(Cl)cc4)[C@@H]3OCc3ccc(Cl)cc3)[C@@H](N)C[C@H]2NC(=O)C(CCN)OCc2ccc(Cl)cc2)O[C@H](COCc2ccc(Cl)cc2)[C@@H](OCc2ccc(Cl)cc2)[C@@H]1N. The molecule has 1 saturated carbocycles. The van der Waals surface area contributed by atoms with Crippen molar-refractivity contribution in [1.29, 1.82) is 0 Å². The van der Waals surface area contributed by atoms with Crippen LogP contribution < -0.4 is 28.3 Å². The first-order chi connectivity index (χ1) is 47.0. The molecule has 25 heteroatoms. The lowest BCUT2D eigenvalue weighted by molar-refractivity contribution is -0.350. The molecular formula is C72H80Cl7N5O13. The number of amides is 1. The van der Waals surface area contributed by atoms with E-state index in [2.05, 4.69) is 5.32 Å². The summed E-state index contributed by atoms with van der Waals surface area (Å²) >= 11 is 44.4. The molecule has 7 aromatic rings. The number of carbonyl (C=O) groups excluding carboxylic acids is 1. The van der Waals surface area contributed by atoms with E-state index in [9.17, 15) is 0 Å². The summed E-state index contributed by atoms with van der Waals surface area (Å²) in [6.07, 6.45) is -13.6. The molecule has 2 saturated heterocycles. The number of benzene rings is 7. The third-order valence-corrected chi connectivity index (χ3v) is 18.8. The van der Waals surface area contributed by atoms with Gasteiger partial charge in [0.05, 0.1) is 64.9 Å². The highest BCUT2D eigenvalue weighted by Crippen LogP contribution is 2.38. The van der Waals surface area contributed by atoms with Gasteiger partial charge in [-0.15, -0.1) is 0 Å². The third-order valence-electron chi connectivity index (χ3n) is 17.0. The van der Waals surface area contributed by atoms with Gasteiger partial charge in [0.1, 0.15) is 67.1 Å². The molecule has 0 radical (unpaired) electrons. The molecule has 3 aliphatic rings. The monoisotopic (exact) mass is 1470 g/mol. The van der Waals surface area contributed by atoms with Gasteiger partial charge in [0.15, 0.2) is 12.6 Å². The Kier molecular flexibility index (Phi) is 28.9. The quantitative estimate of drug-likeness (QED) is 0.0263. The fraction of sp³-hybridized carbons (Fsp3) is 0.403. The summed E-state index contributed by atoms with van der Waals surface area (Å²) in [4.78, 5) is 15.1. The van der Waals surface area contributed by atoms with Crippen molar-refractivity contribution in [3.8, 4) is 0 Å². The van der Waals surface area contributed by atoms with Gasteiger partial charge in [0.2, 0.25) is 5.91 Å². The van der Waals surface area contributed by atoms with Crippen LogP contribution in [0.4, 0.5) is 0 Å². The summed E-state index contributed by atoms with van der Waals surface area (Å²) in [6.45, 7) is 0.618. The second-order valence-corrected chi connectivity index (χ2v) is 27.0. The van der Waals surface area contributed by atoms with E-state index in [-0.39, 0.29) is 78.8 Å². The molecule has 97 heavy (non-hydrogen) atoms. The Morgan fingerprint density at radius 3 is 1.21 bits per heavy atom. The second-order valence-electron chi connectivity index (χ2n) is 24.0. The number of carbonyl (C=O) groups is 1. The average molecular weight is 1470 g/mol. The molecule has 1 aliphatic carbocycles. The van der Waals surface area contributed by atoms with Crippen LogP contribution in [0.25, 0.3) is 0 Å². The zero-order valence-corrected chi connectivity index (χ0v) is 58.4. The minimum absolute atomic E-state index is 0.0119. The van der Waals surface area contributed by atoms with E-state index in [1.54, 1.807) is 84.9 Å². The first kappa shape index (κ1) is 75.1. The summed E-state index contributed by atoms with van der Waals surface area (Å²) in [5.41, 5.74) is 33.4. The first-order valence-electron chi connectivity index (χ1n) is 31.9. The molecule has 9 N–H and O–H groups in total. The fourth-order valence-electron chi connectivity index (χ4n) is 11.9. The Labute approximate surface area is 600 Å². The topological polar surface area (TPSA) is 244 Å². The summed E-state index contributed by atoms with van der Waals surface area (Å²) in [7, 11) is 1.50. The van der Waals surface area contributed by atoms with Crippen LogP contribution in [0.15, 0.2) is 170 Å². The van der Waals surface area contributed by atoms with Gasteiger partial charge in [0, 0.05) is 54.9 Å². The molecule has 0 bridgehead atoms. The largest absolute Gasteiger partial charge is 0.374 e. The van der Waals surface area contributed by atoms with Gasteiger partial charge in [-0.2, -0.15) is 0 Å². The van der Waals surface area contributed by atoms with Crippen LogP contribution in [-0.4, -0.2) is 131 Å². The zero-order valence-electron chi connectivity index (χ0n) is 53.2. The van der Waals surface area contributed by atoms with Gasteiger partial charge in [-0.1, -0.05) is 166 Å². The predicted octanol–water partition coefficient (Wildman–Crippen LogP) is 12.4. The number of methoxy groups -OCH3 is 1. The number of hydrogen-bond acceptors (Lipinski definition) is 17. The van der Waals surface area contributed by atoms with Crippen LogP contribution >= 0.6 is 81.2 Å². The third kappa shape index (κ3) is 21.5. The van der Waals surface area contributed by atoms with Gasteiger partial charge in [-0.3, -0.25) is 4.79 Å². The molecule has 0 aromatic heterocycles. The van der Waals surface area contributed by atoms with E-state index >= 15 is 4.79 Å². The predicted molar refractivity (Wildman–Crippen MR) is 374 cm³/mol. The summed E-state index contributed by atoms with van der Waals surface area (Å²) in [6, 6.07) is 47.9. The number of ether oxygens (including phenoxy) is 12. The molecular weight excluding hydrogens is 1390 g/mol. The van der Waals surface area contributed by atoms with Crippen molar-refractivity contribution in [2.45, 2.75) is 157 Å². The van der Waals surface area contributed by atoms with E-state index < -0.39 is 104 Å². The first-order valence-corrected chi connectivity index (χ1v) is 34.5. The normalized spacial score (nSPS) is 26.2. The lowest BCUT2D eigenvalue weighted by atomic mass is 9.83. The van der Waals surface area contributed by atoms with Gasteiger partial charge < -0.3 is 85.1 Å². The molecule has 1 unspecified atom stereocenters. The Morgan fingerprint density at radius 2 is 0.794 bits per heavy atom. The Hall–Kier alpha value is -4.60. The lowest BCUT2D eigenvalue weighted by Crippen LogP contribution is -2.70. The lowest BCUT2D eigenvalue weighted by Gasteiger charge is -2.51. The van der Waals surface area contributed by atoms with Crippen molar-refractivity contribution in [2.75, 3.05) is 26.8 Å². The molecule has 0 spiro atoms. The van der Waals surface area contributed by atoms with E-state index in [4.69, 9.17) is 161 Å². The number of hydrogen-bond donors (Lipinski definition) is 5. The van der Waals surface area contributed by atoms with Gasteiger partial charge in [0.25, 0.3) is 0 Å². The maximum Gasteiger partial charge on any atom is 0.249 e. The van der Waals surface area contributed by atoms with Crippen LogP contribution in [0.2, 0.25) is 35.2 Å². The Morgan fingerprint density at radius 1 is 0.443 bits per heavy atom. The maximum atomic E-state index is 15.1. The summed E-state index contributed by atoms with van der Waals surface area (Å²) in [5.74, 6) is -0.503. The number of nitrogens with two attached hydrogens (primary N) is 4. The van der Waals surface area contributed by atoms with Gasteiger partial charge in [-0.05, 0) is 143 Å². The highest BCUT2D eigenvalue weighted by molar-refractivity contribution is 6.32. The van der Waals surface area contributed by atoms with Crippen LogP contribution in [0.1, 0.15) is 51.8 Å². The van der Waals surface area contributed by atoms with Gasteiger partial charge >= 0.3 is 0 Å². The molecule has 1 amide bonds. The fourth-order valence-corrected chi connectivity index (χ4v) is 12.7. The van der Waals surface area contributed by atoms with Crippen molar-refractivity contribution >= 4 is 87.1 Å². The maximum absolute atomic E-state index is 15.1. The standard InChI is InChI=1S/C72H80Cl7N5O13/c1-86-66-61(83)64(89-36-44-6-20-51(75)21-7-44)60(41-87-34-42-2-16-49(73)17-3-42)95-71(66)97-63-57(84-70(85)58(30-31-80)88-35-43-4-18-50(74)19-5-43)32-56(82)62(67(63)91-38-46-10-24-53(77)25-11-46)96-72-69(93-40-48-14-28-55(79)29-15-48)68(92-39-47-12-26-54(78)27-13-47)65(59(33-81)94-72)90-37-45-8-22-52(76)23-9-45/h2-29,56-69,71-72H,30-41,80-83H2,1H3,(H,84,85)/t56-,57+,58?,59-,60+,61-,62+,63-,64+,65-,66+,67-,68+,69-,71-,72-/m0/s1. The minimum atomic E-state index is -1.32. The Bertz CT molecular complexity index is 3510. The molecule has 16 atom stereocenters. The molecule has 7 aromatic carbocycles. The number of rotatable bonds is 32. The highest BCUT2D eigenvalue weighted by atomic mass is 35.5. The molecule has 10 rings (SSSR count). The van der Waals surface area contributed by atoms with Crippen LogP contribution in [0.3, 0.4) is 0 Å². The van der Waals surface area contributed by atoms with Crippen LogP contribution in [0.5, 0.6) is 0 Å². The second kappa shape index (κ2) is 37.4. The smallest absolute Gasteiger partial charge is 0.249 e. The van der Waals surface area contributed by atoms with E-state index in [0.29, 0.717) is 35.2 Å². The summed E-state index contributed by atoms with van der Waals surface area (Å²) in [5, 5.41) is 7.12. The average Bonchev–Trinajstić information content (AvgIpc) is 0.771. The number of halogens is 7. The highest BCUT2D eigenvalue weighted by Gasteiger charge is 2.56. The molecule has 2 heterocycles. The van der Waals surface area contributed by atoms with E-state index in [0.717, 1.165) is 38.9 Å². The Balaban J connectivity index is 1.04. The van der Waals surface area contributed by atoms with Crippen molar-refractivity contribution in [2.24, 2.45) is 22.9 Å². The van der Waals surface area contributed by atoms with E-state index in [1.807, 2.05) is 84.9 Å².